The van der Waals surface area contributed by atoms with E-state index in [4.69, 9.17) is 17.2 Å². The Kier molecular flexibility index (Phi) is 3.13. The molecule has 0 atom stereocenters. The Hall–Kier alpha value is -1.49. The average Bonchev–Trinajstić information content (AvgIpc) is 1.86. The second kappa shape index (κ2) is 3.62. The van der Waals surface area contributed by atoms with Crippen molar-refractivity contribution in [1.82, 2.24) is 0 Å². The van der Waals surface area contributed by atoms with Crippen molar-refractivity contribution in [3.63, 3.8) is 0 Å². The van der Waals surface area contributed by atoms with Crippen LogP contribution in [0.3, 0.4) is 0 Å². The van der Waals surface area contributed by atoms with Gasteiger partial charge >= 0.3 is 6.16 Å². The largest absolute Gasteiger partial charge is 0.531 e. The van der Waals surface area contributed by atoms with Crippen LogP contribution in [0.4, 0.5) is 4.79 Å². The Labute approximate surface area is 62.5 Å². The standard InChI is InChI=1S/C4H8N4O3/c5-2-1-4(6,7)10-3(9)11-8/h5-8H2. The van der Waals surface area contributed by atoms with E-state index in [2.05, 4.69) is 15.5 Å². The van der Waals surface area contributed by atoms with Crippen LogP contribution in [-0.4, -0.2) is 12.0 Å². The molecule has 0 aromatic rings. The number of carbonyl (C=O) groups is 1. The fourth-order valence-corrected chi connectivity index (χ4v) is 0.300. The van der Waals surface area contributed by atoms with Crippen LogP contribution in [0.5, 0.6) is 0 Å². The van der Waals surface area contributed by atoms with Gasteiger partial charge in [0.25, 0.3) is 5.85 Å². The summed E-state index contributed by atoms with van der Waals surface area (Å²) in [6, 6.07) is 1.86. The Balaban J connectivity index is 4.08. The minimum Gasteiger partial charge on any atom is -0.386 e. The predicted octanol–water partition coefficient (Wildman–Crippen LogP) is -2.50. The molecular formula is C4H8N4O3. The molecule has 0 saturated heterocycles. The van der Waals surface area contributed by atoms with Gasteiger partial charge < -0.3 is 15.3 Å². The molecule has 8 N–H and O–H groups in total. The maximum Gasteiger partial charge on any atom is 0.531 e. The van der Waals surface area contributed by atoms with Gasteiger partial charge in [0.15, 0.2) is 0 Å². The Morgan fingerprint density at radius 1 is 1.45 bits per heavy atom. The van der Waals surface area contributed by atoms with Crippen LogP contribution in [0.2, 0.25) is 0 Å². The molecular weight excluding hydrogens is 152 g/mol. The number of ether oxygens (including phenoxy) is 1. The molecule has 0 heterocycles. The zero-order valence-electron chi connectivity index (χ0n) is 5.53. The lowest BCUT2D eigenvalue weighted by Crippen LogP contribution is -2.52. The summed E-state index contributed by atoms with van der Waals surface area (Å²) in [5, 5.41) is 0. The third kappa shape index (κ3) is 3.99. The minimum atomic E-state index is -1.97. The first-order valence-corrected chi connectivity index (χ1v) is 2.42. The highest BCUT2D eigenvalue weighted by Gasteiger charge is 2.22. The predicted molar refractivity (Wildman–Crippen MR) is 34.8 cm³/mol. The van der Waals surface area contributed by atoms with Gasteiger partial charge in [0, 0.05) is 12.0 Å². The number of rotatable bonds is 1. The van der Waals surface area contributed by atoms with Crippen LogP contribution in [0.25, 0.3) is 0 Å². The molecule has 7 nitrogen and oxygen atoms in total. The zero-order valence-corrected chi connectivity index (χ0v) is 5.53. The molecule has 0 bridgehead atoms. The normalized spacial score (nSPS) is 9.36. The summed E-state index contributed by atoms with van der Waals surface area (Å²) in [5.41, 5.74) is 14.8. The van der Waals surface area contributed by atoms with Crippen LogP contribution >= 0.6 is 0 Å². The smallest absolute Gasteiger partial charge is 0.386 e. The molecule has 0 unspecified atom stereocenters. The average molecular weight is 160 g/mol. The van der Waals surface area contributed by atoms with E-state index in [9.17, 15) is 4.79 Å². The van der Waals surface area contributed by atoms with E-state index in [1.807, 2.05) is 12.0 Å². The van der Waals surface area contributed by atoms with Crippen LogP contribution < -0.4 is 23.1 Å². The van der Waals surface area contributed by atoms with Crippen molar-refractivity contribution in [1.29, 1.82) is 0 Å². The van der Waals surface area contributed by atoms with E-state index in [1.165, 1.54) is 0 Å². The van der Waals surface area contributed by atoms with Gasteiger partial charge in [-0.25, -0.2) is 4.79 Å². The summed E-state index contributed by atoms with van der Waals surface area (Å²) >= 11 is 0. The molecule has 0 aliphatic heterocycles. The lowest BCUT2D eigenvalue weighted by molar-refractivity contribution is -0.000978. The van der Waals surface area contributed by atoms with Gasteiger partial charge in [0.05, 0.1) is 0 Å². The molecule has 0 fully saturated rings. The highest BCUT2D eigenvalue weighted by Crippen LogP contribution is 1.92. The van der Waals surface area contributed by atoms with E-state index in [0.29, 0.717) is 0 Å². The Bertz CT molecular complexity index is 203. The molecule has 0 aromatic heterocycles. The van der Waals surface area contributed by atoms with E-state index in [-0.39, 0.29) is 0 Å². The molecule has 0 saturated carbocycles. The van der Waals surface area contributed by atoms with Gasteiger partial charge in [-0.15, -0.1) is 0 Å². The molecule has 0 aliphatic carbocycles. The van der Waals surface area contributed by atoms with E-state index in [1.54, 1.807) is 0 Å². The summed E-state index contributed by atoms with van der Waals surface area (Å²) in [6.07, 6.45) is -1.24. The molecule has 0 aromatic carbocycles. The molecule has 0 rings (SSSR count). The molecule has 11 heavy (non-hydrogen) atoms. The quantitative estimate of drug-likeness (QED) is 0.109. The van der Waals surface area contributed by atoms with Gasteiger partial charge in [-0.3, -0.25) is 11.5 Å². The monoisotopic (exact) mass is 160 g/mol. The summed E-state index contributed by atoms with van der Waals surface area (Å²) in [6.45, 7) is 0. The van der Waals surface area contributed by atoms with Crippen LogP contribution in [0.15, 0.2) is 0 Å². The minimum absolute atomic E-state index is 1.24. The second-order valence-electron chi connectivity index (χ2n) is 1.53. The zero-order chi connectivity index (χ0) is 8.91. The number of nitrogens with two attached hydrogens (primary N) is 4. The molecule has 7 heteroatoms. The first-order valence-electron chi connectivity index (χ1n) is 2.42. The topological polar surface area (TPSA) is 140 Å². The van der Waals surface area contributed by atoms with E-state index >= 15 is 0 Å². The van der Waals surface area contributed by atoms with Gasteiger partial charge in [-0.2, -0.15) is 5.90 Å². The third-order valence-electron chi connectivity index (χ3n) is 0.616. The molecule has 0 aliphatic rings. The summed E-state index contributed by atoms with van der Waals surface area (Å²) in [7, 11) is 0. The first kappa shape index (κ1) is 9.51. The van der Waals surface area contributed by atoms with Crippen molar-refractivity contribution in [2.24, 2.45) is 23.1 Å². The molecule has 0 amide bonds. The fraction of sp³-hybridized carbons (Fsp3) is 0.250. The van der Waals surface area contributed by atoms with Gasteiger partial charge in [0.2, 0.25) is 0 Å². The highest BCUT2D eigenvalue weighted by molar-refractivity contribution is 5.60. The van der Waals surface area contributed by atoms with Crippen LogP contribution in [-0.2, 0) is 9.57 Å². The maximum absolute atomic E-state index is 10.3. The summed E-state index contributed by atoms with van der Waals surface area (Å²) in [5.74, 6) is 4.44. The van der Waals surface area contributed by atoms with Gasteiger partial charge in [-0.1, -0.05) is 0 Å². The molecule has 62 valence electrons. The third-order valence-corrected chi connectivity index (χ3v) is 0.616. The van der Waals surface area contributed by atoms with Crippen molar-refractivity contribution >= 4 is 6.16 Å². The van der Waals surface area contributed by atoms with Crippen molar-refractivity contribution < 1.29 is 14.4 Å². The first-order chi connectivity index (χ1) is 5.02. The van der Waals surface area contributed by atoms with Gasteiger partial charge in [0.1, 0.15) is 0 Å². The molecule has 0 radical (unpaired) electrons. The van der Waals surface area contributed by atoms with Crippen LogP contribution in [0.1, 0.15) is 0 Å². The van der Waals surface area contributed by atoms with E-state index < -0.39 is 12.0 Å². The lowest BCUT2D eigenvalue weighted by Gasteiger charge is -2.15. The number of hydrogen-bond donors (Lipinski definition) is 4. The second-order valence-corrected chi connectivity index (χ2v) is 1.53. The SMILES string of the molecule is NC#CC(N)(N)OC(=O)ON. The van der Waals surface area contributed by atoms with Gasteiger partial charge in [-0.05, 0) is 0 Å². The van der Waals surface area contributed by atoms with Crippen molar-refractivity contribution in [2.45, 2.75) is 5.85 Å². The fourth-order valence-electron chi connectivity index (χ4n) is 0.300. The Morgan fingerprint density at radius 2 is 2.00 bits per heavy atom. The van der Waals surface area contributed by atoms with Crippen molar-refractivity contribution in [3.8, 4) is 12.0 Å². The van der Waals surface area contributed by atoms with E-state index in [0.717, 1.165) is 0 Å². The summed E-state index contributed by atoms with van der Waals surface area (Å²) in [4.78, 5) is 13.9. The Morgan fingerprint density at radius 3 is 2.36 bits per heavy atom. The number of hydrogen-bond acceptors (Lipinski definition) is 7. The maximum atomic E-state index is 10.3. The van der Waals surface area contributed by atoms with Crippen LogP contribution in [0, 0.1) is 12.0 Å². The highest BCUT2D eigenvalue weighted by atomic mass is 16.8. The lowest BCUT2D eigenvalue weighted by atomic mass is 10.5. The van der Waals surface area contributed by atoms with Crippen molar-refractivity contribution in [3.05, 3.63) is 0 Å². The summed E-state index contributed by atoms with van der Waals surface area (Å²) < 4.78 is 4.14. The number of carbonyl (C=O) groups excluding carboxylic acids is 1. The van der Waals surface area contributed by atoms with Crippen molar-refractivity contribution in [2.75, 3.05) is 0 Å². The molecule has 0 spiro atoms.